The highest BCUT2D eigenvalue weighted by molar-refractivity contribution is 9.10. The highest BCUT2D eigenvalue weighted by Gasteiger charge is 2.04. The molecular weight excluding hydrogens is 222 g/mol. The van der Waals surface area contributed by atoms with E-state index in [0.29, 0.717) is 5.56 Å². The van der Waals surface area contributed by atoms with Gasteiger partial charge in [0.15, 0.2) is 5.78 Å². The van der Waals surface area contributed by atoms with Crippen molar-refractivity contribution in [1.82, 2.24) is 4.98 Å². The smallest absolute Gasteiger partial charge is 0.189 e. The second-order valence-electron chi connectivity index (χ2n) is 2.23. The number of Topliss-reactive ketones (excluding diaryl/α,β-unsaturated/α-hetero) is 1. The van der Waals surface area contributed by atoms with E-state index in [1.807, 2.05) is 0 Å². The standard InChI is InChI=1S/C8H8BrNO2/c1-12-5-7(11)6-2-3-8(9)10-4-6/h2-4H,5H2,1H3. The van der Waals surface area contributed by atoms with Gasteiger partial charge in [-0.15, -0.1) is 0 Å². The van der Waals surface area contributed by atoms with Gasteiger partial charge in [0.25, 0.3) is 0 Å². The van der Waals surface area contributed by atoms with Gasteiger partial charge in [-0.2, -0.15) is 0 Å². The molecule has 0 aliphatic rings. The van der Waals surface area contributed by atoms with Crippen LogP contribution in [0.1, 0.15) is 10.4 Å². The summed E-state index contributed by atoms with van der Waals surface area (Å²) >= 11 is 3.18. The van der Waals surface area contributed by atoms with Gasteiger partial charge in [-0.05, 0) is 28.1 Å². The summed E-state index contributed by atoms with van der Waals surface area (Å²) in [7, 11) is 1.49. The van der Waals surface area contributed by atoms with E-state index in [4.69, 9.17) is 4.74 Å². The number of ether oxygens (including phenoxy) is 1. The molecule has 0 aliphatic carbocycles. The number of carbonyl (C=O) groups excluding carboxylic acids is 1. The molecule has 0 atom stereocenters. The van der Waals surface area contributed by atoms with Crippen molar-refractivity contribution < 1.29 is 9.53 Å². The van der Waals surface area contributed by atoms with Crippen LogP contribution in [0.2, 0.25) is 0 Å². The van der Waals surface area contributed by atoms with Gasteiger partial charge in [-0.25, -0.2) is 4.98 Å². The van der Waals surface area contributed by atoms with E-state index >= 15 is 0 Å². The summed E-state index contributed by atoms with van der Waals surface area (Å²) in [6.07, 6.45) is 1.52. The van der Waals surface area contributed by atoms with Gasteiger partial charge < -0.3 is 4.74 Å². The molecule has 0 amide bonds. The molecule has 1 rings (SSSR count). The molecule has 0 aromatic carbocycles. The first kappa shape index (κ1) is 9.35. The van der Waals surface area contributed by atoms with E-state index < -0.39 is 0 Å². The summed E-state index contributed by atoms with van der Waals surface area (Å²) in [5.41, 5.74) is 0.569. The van der Waals surface area contributed by atoms with Gasteiger partial charge in [0.05, 0.1) is 0 Å². The Hall–Kier alpha value is -0.740. The lowest BCUT2D eigenvalue weighted by Gasteiger charge is -1.97. The number of carbonyl (C=O) groups is 1. The first-order valence-corrected chi connectivity index (χ1v) is 4.17. The molecule has 12 heavy (non-hydrogen) atoms. The predicted octanol–water partition coefficient (Wildman–Crippen LogP) is 1.67. The number of pyridine rings is 1. The molecule has 64 valence electrons. The van der Waals surface area contributed by atoms with Gasteiger partial charge in [0, 0.05) is 18.9 Å². The molecule has 1 aromatic rings. The SMILES string of the molecule is COCC(=O)c1ccc(Br)nc1. The fourth-order valence-corrected chi connectivity index (χ4v) is 0.990. The second kappa shape index (κ2) is 4.33. The monoisotopic (exact) mass is 229 g/mol. The van der Waals surface area contributed by atoms with Gasteiger partial charge in [-0.3, -0.25) is 4.79 Å². The zero-order valence-electron chi connectivity index (χ0n) is 6.58. The minimum absolute atomic E-state index is 0.0579. The Balaban J connectivity index is 2.75. The fourth-order valence-electron chi connectivity index (χ4n) is 0.755. The third-order valence-electron chi connectivity index (χ3n) is 1.32. The van der Waals surface area contributed by atoms with Crippen LogP contribution < -0.4 is 0 Å². The van der Waals surface area contributed by atoms with Crippen molar-refractivity contribution in [3.05, 3.63) is 28.5 Å². The number of hydrogen-bond donors (Lipinski definition) is 0. The normalized spacial score (nSPS) is 9.83. The maximum atomic E-state index is 11.2. The first-order valence-electron chi connectivity index (χ1n) is 3.37. The van der Waals surface area contributed by atoms with E-state index in [2.05, 4.69) is 20.9 Å². The predicted molar refractivity (Wildman–Crippen MR) is 48.1 cm³/mol. The first-order chi connectivity index (χ1) is 5.74. The van der Waals surface area contributed by atoms with Crippen LogP contribution in [0.15, 0.2) is 22.9 Å². The number of methoxy groups -OCH3 is 1. The van der Waals surface area contributed by atoms with Crippen LogP contribution in [0.25, 0.3) is 0 Å². The van der Waals surface area contributed by atoms with Crippen molar-refractivity contribution in [2.75, 3.05) is 13.7 Å². The van der Waals surface area contributed by atoms with Crippen LogP contribution in [0.5, 0.6) is 0 Å². The van der Waals surface area contributed by atoms with Crippen molar-refractivity contribution in [2.24, 2.45) is 0 Å². The minimum atomic E-state index is -0.0579. The van der Waals surface area contributed by atoms with Crippen molar-refractivity contribution in [1.29, 1.82) is 0 Å². The highest BCUT2D eigenvalue weighted by atomic mass is 79.9. The molecule has 0 saturated carbocycles. The molecule has 1 aromatic heterocycles. The lowest BCUT2D eigenvalue weighted by molar-refractivity contribution is 0.0847. The summed E-state index contributed by atoms with van der Waals surface area (Å²) in [6.45, 7) is 0.101. The molecule has 0 spiro atoms. The Kier molecular flexibility index (Phi) is 3.37. The Morgan fingerprint density at radius 2 is 2.42 bits per heavy atom. The molecule has 0 unspecified atom stereocenters. The lowest BCUT2D eigenvalue weighted by Crippen LogP contribution is -2.06. The van der Waals surface area contributed by atoms with E-state index in [-0.39, 0.29) is 12.4 Å². The zero-order chi connectivity index (χ0) is 8.97. The molecule has 0 radical (unpaired) electrons. The second-order valence-corrected chi connectivity index (χ2v) is 3.04. The summed E-state index contributed by atoms with van der Waals surface area (Å²) in [4.78, 5) is 15.1. The van der Waals surface area contributed by atoms with Gasteiger partial charge in [-0.1, -0.05) is 0 Å². The van der Waals surface area contributed by atoms with Gasteiger partial charge >= 0.3 is 0 Å². The molecule has 1 heterocycles. The maximum Gasteiger partial charge on any atom is 0.189 e. The third kappa shape index (κ3) is 2.39. The average Bonchev–Trinajstić information content (AvgIpc) is 2.06. The van der Waals surface area contributed by atoms with Crippen LogP contribution in [0.4, 0.5) is 0 Å². The molecular formula is C8H8BrNO2. The molecule has 0 saturated heterocycles. The quantitative estimate of drug-likeness (QED) is 0.585. The van der Waals surface area contributed by atoms with Crippen molar-refractivity contribution in [2.45, 2.75) is 0 Å². The summed E-state index contributed by atoms with van der Waals surface area (Å²) < 4.78 is 5.42. The largest absolute Gasteiger partial charge is 0.377 e. The third-order valence-corrected chi connectivity index (χ3v) is 1.79. The fraction of sp³-hybridized carbons (Fsp3) is 0.250. The summed E-state index contributed by atoms with van der Waals surface area (Å²) in [5, 5.41) is 0. The van der Waals surface area contributed by atoms with E-state index in [0.717, 1.165) is 4.60 Å². The van der Waals surface area contributed by atoms with Crippen molar-refractivity contribution >= 4 is 21.7 Å². The Bertz CT molecular complexity index is 271. The van der Waals surface area contributed by atoms with Crippen LogP contribution in [-0.4, -0.2) is 24.5 Å². The minimum Gasteiger partial charge on any atom is -0.377 e. The van der Waals surface area contributed by atoms with Gasteiger partial charge in [0.2, 0.25) is 0 Å². The molecule has 0 N–H and O–H groups in total. The number of hydrogen-bond acceptors (Lipinski definition) is 3. The lowest BCUT2D eigenvalue weighted by atomic mass is 10.2. The number of ketones is 1. The van der Waals surface area contributed by atoms with E-state index in [1.165, 1.54) is 13.3 Å². The molecule has 0 fully saturated rings. The number of rotatable bonds is 3. The molecule has 0 aliphatic heterocycles. The van der Waals surface area contributed by atoms with Gasteiger partial charge in [0.1, 0.15) is 11.2 Å². The van der Waals surface area contributed by atoms with E-state index in [1.54, 1.807) is 12.1 Å². The van der Waals surface area contributed by atoms with E-state index in [9.17, 15) is 4.79 Å². The molecule has 4 heteroatoms. The van der Waals surface area contributed by atoms with Crippen LogP contribution in [-0.2, 0) is 4.74 Å². The summed E-state index contributed by atoms with van der Waals surface area (Å²) in [6, 6.07) is 3.43. The zero-order valence-corrected chi connectivity index (χ0v) is 8.17. The van der Waals surface area contributed by atoms with Crippen LogP contribution >= 0.6 is 15.9 Å². The Morgan fingerprint density at radius 1 is 1.67 bits per heavy atom. The topological polar surface area (TPSA) is 39.2 Å². The number of aromatic nitrogens is 1. The average molecular weight is 230 g/mol. The number of nitrogens with zero attached hydrogens (tertiary/aromatic N) is 1. The van der Waals surface area contributed by atoms with Crippen molar-refractivity contribution in [3.63, 3.8) is 0 Å². The Morgan fingerprint density at radius 3 is 2.92 bits per heavy atom. The summed E-state index contributed by atoms with van der Waals surface area (Å²) in [5.74, 6) is -0.0579. The molecule has 3 nitrogen and oxygen atoms in total. The highest BCUT2D eigenvalue weighted by Crippen LogP contribution is 2.06. The number of halogens is 1. The Labute approximate surface area is 78.9 Å². The maximum absolute atomic E-state index is 11.2. The van der Waals surface area contributed by atoms with Crippen LogP contribution in [0.3, 0.4) is 0 Å². The van der Waals surface area contributed by atoms with Crippen molar-refractivity contribution in [3.8, 4) is 0 Å². The van der Waals surface area contributed by atoms with Crippen LogP contribution in [0, 0.1) is 0 Å². The molecule has 0 bridgehead atoms.